The summed E-state index contributed by atoms with van der Waals surface area (Å²) < 4.78 is 6.66. The lowest BCUT2D eigenvalue weighted by Gasteiger charge is -2.17. The largest absolute Gasteiger partial charge is 0.453 e. The van der Waals surface area contributed by atoms with Crippen LogP contribution in [0.3, 0.4) is 0 Å². The highest BCUT2D eigenvalue weighted by atomic mass is 16.5. The molecule has 0 aliphatic carbocycles. The van der Waals surface area contributed by atoms with Gasteiger partial charge in [0.15, 0.2) is 5.65 Å². The molecular weight excluding hydrogens is 378 g/mol. The zero-order chi connectivity index (χ0) is 21.7. The molecule has 0 aliphatic heterocycles. The summed E-state index contributed by atoms with van der Waals surface area (Å²) in [6.45, 7) is 8.28. The summed E-state index contributed by atoms with van der Waals surface area (Å²) in [5, 5.41) is 8.05. The van der Waals surface area contributed by atoms with Crippen molar-refractivity contribution in [3.8, 4) is 11.3 Å². The molecule has 7 nitrogen and oxygen atoms in total. The fourth-order valence-corrected chi connectivity index (χ4v) is 3.46. The molecule has 2 heterocycles. The van der Waals surface area contributed by atoms with Crippen molar-refractivity contribution < 1.29 is 9.53 Å². The molecule has 0 atom stereocenters. The van der Waals surface area contributed by atoms with Gasteiger partial charge in [-0.05, 0) is 51.6 Å². The predicted molar refractivity (Wildman–Crippen MR) is 121 cm³/mol. The number of nitrogens with zero attached hydrogens (tertiary/aromatic N) is 4. The van der Waals surface area contributed by atoms with Gasteiger partial charge in [0.1, 0.15) is 0 Å². The Bertz CT molecular complexity index is 1010. The second kappa shape index (κ2) is 9.71. The Morgan fingerprint density at radius 3 is 2.80 bits per heavy atom. The number of benzene rings is 1. The van der Waals surface area contributed by atoms with Crippen LogP contribution in [0, 0.1) is 0 Å². The van der Waals surface area contributed by atoms with E-state index in [1.807, 2.05) is 16.8 Å². The lowest BCUT2D eigenvalue weighted by atomic mass is 10.1. The highest BCUT2D eigenvalue weighted by Crippen LogP contribution is 2.30. The zero-order valence-electron chi connectivity index (χ0n) is 18.5. The van der Waals surface area contributed by atoms with Crippen LogP contribution in [0.5, 0.6) is 0 Å². The number of ether oxygens (including phenoxy) is 1. The van der Waals surface area contributed by atoms with Gasteiger partial charge < -0.3 is 9.64 Å². The van der Waals surface area contributed by atoms with Crippen LogP contribution in [-0.4, -0.2) is 46.5 Å². The number of fused-ring (bicyclic) bond motifs is 1. The molecule has 7 heteroatoms. The molecule has 0 spiro atoms. The summed E-state index contributed by atoms with van der Waals surface area (Å²) in [6.07, 6.45) is 3.59. The van der Waals surface area contributed by atoms with E-state index < -0.39 is 6.09 Å². The minimum absolute atomic E-state index is 0.148. The van der Waals surface area contributed by atoms with E-state index in [1.54, 1.807) is 6.20 Å². The van der Waals surface area contributed by atoms with E-state index in [0.717, 1.165) is 35.4 Å². The first-order valence-electron chi connectivity index (χ1n) is 10.4. The molecule has 0 fully saturated rings. The minimum Gasteiger partial charge on any atom is -0.453 e. The van der Waals surface area contributed by atoms with Crippen LogP contribution >= 0.6 is 0 Å². The molecule has 0 saturated carbocycles. The van der Waals surface area contributed by atoms with Gasteiger partial charge in [-0.15, -0.1) is 0 Å². The van der Waals surface area contributed by atoms with E-state index in [-0.39, 0.29) is 6.04 Å². The van der Waals surface area contributed by atoms with Gasteiger partial charge in [0.05, 0.1) is 30.1 Å². The Morgan fingerprint density at radius 1 is 1.30 bits per heavy atom. The van der Waals surface area contributed by atoms with Crippen LogP contribution in [0.25, 0.3) is 22.3 Å². The first-order chi connectivity index (χ1) is 14.4. The quantitative estimate of drug-likeness (QED) is 0.561. The number of nitrogens with one attached hydrogen (secondary N) is 1. The number of pyridine rings is 1. The van der Waals surface area contributed by atoms with Crippen LogP contribution < -0.4 is 5.32 Å². The lowest BCUT2D eigenvalue weighted by molar-refractivity contribution is 0.187. The summed E-state index contributed by atoms with van der Waals surface area (Å²) in [4.78, 5) is 19.1. The molecule has 160 valence electrons. The maximum absolute atomic E-state index is 11.9. The van der Waals surface area contributed by atoms with E-state index in [9.17, 15) is 4.79 Å². The lowest BCUT2D eigenvalue weighted by Crippen LogP contribution is -2.18. The van der Waals surface area contributed by atoms with Crippen LogP contribution in [-0.2, 0) is 11.3 Å². The number of hydrogen-bond donors (Lipinski definition) is 1. The average Bonchev–Trinajstić information content (AvgIpc) is 3.17. The number of unbranched alkanes of at least 4 members (excludes halogenated alkanes) is 1. The van der Waals surface area contributed by atoms with Gasteiger partial charge in [-0.3, -0.25) is 5.32 Å². The van der Waals surface area contributed by atoms with Gasteiger partial charge in [-0.25, -0.2) is 14.5 Å². The van der Waals surface area contributed by atoms with Crippen molar-refractivity contribution in [3.05, 3.63) is 42.1 Å². The van der Waals surface area contributed by atoms with Crippen molar-refractivity contribution in [1.82, 2.24) is 19.7 Å². The van der Waals surface area contributed by atoms with E-state index in [0.29, 0.717) is 5.69 Å². The Hall–Kier alpha value is -2.93. The maximum atomic E-state index is 11.9. The van der Waals surface area contributed by atoms with Crippen molar-refractivity contribution >= 4 is 22.8 Å². The standard InChI is InChI=1S/C23H31N5O2/c1-6-7-11-27(4)15-17-9-8-10-18(12-17)20-13-21(26-23(29)30-5)19-14-24-28(16(2)3)22(19)25-20/h8-10,12-14,16H,6-7,11,15H2,1-5H3,(H,25,26,29). The number of aromatic nitrogens is 3. The second-order valence-corrected chi connectivity index (χ2v) is 7.88. The molecule has 0 aliphatic rings. The van der Waals surface area contributed by atoms with Crippen molar-refractivity contribution in [3.63, 3.8) is 0 Å². The second-order valence-electron chi connectivity index (χ2n) is 7.88. The van der Waals surface area contributed by atoms with Gasteiger partial charge in [-0.1, -0.05) is 31.5 Å². The molecule has 3 rings (SSSR count). The summed E-state index contributed by atoms with van der Waals surface area (Å²) in [5.74, 6) is 0. The Balaban J connectivity index is 2.01. The number of rotatable bonds is 8. The van der Waals surface area contributed by atoms with Crippen LogP contribution in [0.4, 0.5) is 10.5 Å². The SMILES string of the molecule is CCCCN(C)Cc1cccc(-c2cc(NC(=O)OC)c3cnn(C(C)C)c3n2)c1. The number of hydrogen-bond acceptors (Lipinski definition) is 5. The summed E-state index contributed by atoms with van der Waals surface area (Å²) >= 11 is 0. The Kier molecular flexibility index (Phi) is 7.05. The average molecular weight is 410 g/mol. The van der Waals surface area contributed by atoms with E-state index in [1.165, 1.54) is 25.5 Å². The van der Waals surface area contributed by atoms with Crippen molar-refractivity contribution in [2.45, 2.75) is 46.2 Å². The van der Waals surface area contributed by atoms with Crippen molar-refractivity contribution in [2.24, 2.45) is 0 Å². The topological polar surface area (TPSA) is 72.3 Å². The molecule has 0 saturated heterocycles. The number of carbonyl (C=O) groups is 1. The monoisotopic (exact) mass is 409 g/mol. The summed E-state index contributed by atoms with van der Waals surface area (Å²) in [7, 11) is 3.50. The third kappa shape index (κ3) is 4.97. The van der Waals surface area contributed by atoms with E-state index in [4.69, 9.17) is 9.72 Å². The molecule has 1 amide bonds. The van der Waals surface area contributed by atoms with E-state index >= 15 is 0 Å². The molecule has 1 N–H and O–H groups in total. The van der Waals surface area contributed by atoms with Crippen LogP contribution in [0.15, 0.2) is 36.5 Å². The van der Waals surface area contributed by atoms with Gasteiger partial charge >= 0.3 is 6.09 Å². The smallest absolute Gasteiger partial charge is 0.411 e. The third-order valence-electron chi connectivity index (χ3n) is 5.05. The minimum atomic E-state index is -0.517. The van der Waals surface area contributed by atoms with E-state index in [2.05, 4.69) is 61.3 Å². The first kappa shape index (κ1) is 21.8. The number of carbonyl (C=O) groups excluding carboxylic acids is 1. The molecule has 0 bridgehead atoms. The number of anilines is 1. The molecule has 1 aromatic carbocycles. The normalized spacial score (nSPS) is 11.4. The fourth-order valence-electron chi connectivity index (χ4n) is 3.46. The first-order valence-corrected chi connectivity index (χ1v) is 10.4. The van der Waals surface area contributed by atoms with Gasteiger partial charge in [0.25, 0.3) is 0 Å². The Morgan fingerprint density at radius 2 is 2.10 bits per heavy atom. The number of methoxy groups -OCH3 is 1. The highest BCUT2D eigenvalue weighted by molar-refractivity contribution is 5.99. The molecule has 3 aromatic rings. The number of amides is 1. The maximum Gasteiger partial charge on any atom is 0.411 e. The van der Waals surface area contributed by atoms with Crippen molar-refractivity contribution in [2.75, 3.05) is 26.0 Å². The fraction of sp³-hybridized carbons (Fsp3) is 0.435. The molecule has 0 radical (unpaired) electrons. The summed E-state index contributed by atoms with van der Waals surface area (Å²) in [5.41, 5.74) is 4.39. The van der Waals surface area contributed by atoms with Gasteiger partial charge in [0.2, 0.25) is 0 Å². The Labute approximate surface area is 178 Å². The highest BCUT2D eigenvalue weighted by Gasteiger charge is 2.16. The zero-order valence-corrected chi connectivity index (χ0v) is 18.5. The predicted octanol–water partition coefficient (Wildman–Crippen LogP) is 5.09. The van der Waals surface area contributed by atoms with Gasteiger partial charge in [-0.2, -0.15) is 5.10 Å². The van der Waals surface area contributed by atoms with Gasteiger partial charge in [0, 0.05) is 18.2 Å². The molecule has 30 heavy (non-hydrogen) atoms. The van der Waals surface area contributed by atoms with Crippen LogP contribution in [0.2, 0.25) is 0 Å². The van der Waals surface area contributed by atoms with Crippen molar-refractivity contribution in [1.29, 1.82) is 0 Å². The molecule has 2 aromatic heterocycles. The van der Waals surface area contributed by atoms with Crippen LogP contribution in [0.1, 0.15) is 45.2 Å². The third-order valence-corrected chi connectivity index (χ3v) is 5.05. The molecule has 0 unspecified atom stereocenters. The summed E-state index contributed by atoms with van der Waals surface area (Å²) in [6, 6.07) is 10.4. The molecular formula is C23H31N5O2.